The zero-order chi connectivity index (χ0) is 34.6. The maximum Gasteiger partial charge on any atom is 0.229 e. The Morgan fingerprint density at radius 1 is 0.827 bits per heavy atom. The van der Waals surface area contributed by atoms with Crippen LogP contribution in [-0.4, -0.2) is 72.5 Å². The summed E-state index contributed by atoms with van der Waals surface area (Å²) in [6.07, 6.45) is 14.9. The van der Waals surface area contributed by atoms with Gasteiger partial charge in [-0.1, -0.05) is 11.2 Å². The predicted octanol–water partition coefficient (Wildman–Crippen LogP) is 3.62. The van der Waals surface area contributed by atoms with E-state index in [2.05, 4.69) is 45.7 Å². The fourth-order valence-electron chi connectivity index (χ4n) is 7.41. The average Bonchev–Trinajstić information content (AvgIpc) is 4.05. The van der Waals surface area contributed by atoms with E-state index in [-0.39, 0.29) is 5.95 Å². The van der Waals surface area contributed by atoms with Gasteiger partial charge in [0.05, 0.1) is 23.8 Å². The third-order valence-corrected chi connectivity index (χ3v) is 10.2. The predicted molar refractivity (Wildman–Crippen MR) is 182 cm³/mol. The molecule has 8 aromatic heterocycles. The highest BCUT2D eigenvalue weighted by Crippen LogP contribution is 2.68. The molecule has 18 nitrogen and oxygen atoms in total. The van der Waals surface area contributed by atoms with Crippen molar-refractivity contribution in [2.75, 3.05) is 9.96 Å². The summed E-state index contributed by atoms with van der Waals surface area (Å²) in [5, 5.41) is 37.1. The van der Waals surface area contributed by atoms with Gasteiger partial charge in [-0.25, -0.2) is 15.0 Å². The molecule has 0 radical (unpaired) electrons. The summed E-state index contributed by atoms with van der Waals surface area (Å²) in [6.45, 7) is 0. The molecule has 0 bridgehead atoms. The molecule has 4 atom stereocenters. The van der Waals surface area contributed by atoms with E-state index in [9.17, 15) is 0 Å². The van der Waals surface area contributed by atoms with Crippen LogP contribution in [0.3, 0.4) is 0 Å². The van der Waals surface area contributed by atoms with Crippen molar-refractivity contribution in [2.24, 2.45) is 5.16 Å². The molecule has 10 heterocycles. The minimum absolute atomic E-state index is 0.231. The van der Waals surface area contributed by atoms with E-state index in [4.69, 9.17) is 34.3 Å². The number of furan rings is 1. The van der Waals surface area contributed by atoms with Crippen LogP contribution in [0.5, 0.6) is 0 Å². The normalized spacial score (nSPS) is 24.3. The van der Waals surface area contributed by atoms with Gasteiger partial charge in [0.15, 0.2) is 23.1 Å². The SMILES string of the molecule is c1cnc(N2C(c3cn[nH]n3)(C3C(c4ncc[nH]4)=NON3c3ccc[nH]3)OC(c3ccn[nH]3)(c3ccco3)C2(c2cccnn2)c2cccs2)nc1. The summed E-state index contributed by atoms with van der Waals surface area (Å²) in [7, 11) is 0. The first-order valence-electron chi connectivity index (χ1n) is 16.0. The lowest BCUT2D eigenvalue weighted by Crippen LogP contribution is -2.64. The van der Waals surface area contributed by atoms with Gasteiger partial charge in [-0.15, -0.1) is 11.3 Å². The monoisotopic (exact) mass is 711 g/mol. The zero-order valence-electron chi connectivity index (χ0n) is 26.7. The number of hydroxylamine groups is 1. The standard InChI is InChI=1S/C33H25N15O3S/c1-6-21(42-39-14-1)31(25-8-4-19-52-25)32(22-10-15-40-43-22,24-7-3-18-49-24)50-33(23-20-41-46-44-23,48(31)30-37-12-5-13-38-30)28-27(29-35-16-17-36-29)45-51-47(28)26-9-2-11-34-26/h1-20,28,34H,(H,35,36)(H,40,43)(H,41,44,46). The molecule has 0 spiro atoms. The number of hydrogen-bond donors (Lipinski definition) is 4. The van der Waals surface area contributed by atoms with Gasteiger partial charge in [0.1, 0.15) is 17.3 Å². The van der Waals surface area contributed by atoms with Gasteiger partial charge >= 0.3 is 0 Å². The Balaban J connectivity index is 1.43. The van der Waals surface area contributed by atoms with Gasteiger partial charge in [-0.3, -0.25) is 14.9 Å². The van der Waals surface area contributed by atoms with Crippen molar-refractivity contribution in [1.82, 2.24) is 60.7 Å². The van der Waals surface area contributed by atoms with Crippen molar-refractivity contribution < 1.29 is 14.1 Å². The number of rotatable bonds is 9. The third kappa shape index (κ3) is 3.93. The second-order valence-electron chi connectivity index (χ2n) is 11.7. The zero-order valence-corrected chi connectivity index (χ0v) is 27.5. The molecular weight excluding hydrogens is 687 g/mol. The molecule has 2 aliphatic heterocycles. The maximum atomic E-state index is 8.01. The van der Waals surface area contributed by atoms with Crippen molar-refractivity contribution in [1.29, 1.82) is 0 Å². The van der Waals surface area contributed by atoms with Crippen LogP contribution in [0, 0.1) is 0 Å². The molecule has 19 heteroatoms. The molecule has 256 valence electrons. The van der Waals surface area contributed by atoms with Crippen LogP contribution in [0.25, 0.3) is 0 Å². The summed E-state index contributed by atoms with van der Waals surface area (Å²) in [6, 6.07) is 17.5. The smallest absolute Gasteiger partial charge is 0.229 e. The summed E-state index contributed by atoms with van der Waals surface area (Å²) in [4.78, 5) is 29.9. The van der Waals surface area contributed by atoms with E-state index in [1.807, 2.05) is 58.8 Å². The number of aromatic nitrogens is 12. The molecule has 2 aliphatic rings. The molecule has 8 aromatic rings. The fraction of sp³-hybridized carbons (Fsp3) is 0.121. The Kier molecular flexibility index (Phi) is 6.63. The molecule has 10 rings (SSSR count). The lowest BCUT2D eigenvalue weighted by atomic mass is 9.71. The first-order chi connectivity index (χ1) is 25.8. The van der Waals surface area contributed by atoms with E-state index in [0.717, 1.165) is 4.88 Å². The van der Waals surface area contributed by atoms with Gasteiger partial charge < -0.3 is 19.1 Å². The number of aromatic amines is 4. The van der Waals surface area contributed by atoms with Crippen molar-refractivity contribution in [3.05, 3.63) is 155 Å². The number of ether oxygens (including phenoxy) is 1. The Labute approximate surface area is 296 Å². The second-order valence-corrected chi connectivity index (χ2v) is 12.7. The molecule has 0 aliphatic carbocycles. The molecule has 4 unspecified atom stereocenters. The van der Waals surface area contributed by atoms with Crippen LogP contribution in [0.1, 0.15) is 33.5 Å². The van der Waals surface area contributed by atoms with Gasteiger partial charge in [0, 0.05) is 48.3 Å². The molecule has 0 aromatic carbocycles. The number of nitrogens with one attached hydrogen (secondary N) is 4. The number of thiophene rings is 1. The molecule has 52 heavy (non-hydrogen) atoms. The van der Waals surface area contributed by atoms with Crippen molar-refractivity contribution in [3.63, 3.8) is 0 Å². The molecule has 1 saturated heterocycles. The van der Waals surface area contributed by atoms with Crippen LogP contribution < -0.4 is 9.96 Å². The number of nitrogens with zero attached hydrogens (tertiary/aromatic N) is 11. The minimum Gasteiger partial charge on any atom is -0.466 e. The quantitative estimate of drug-likeness (QED) is 0.168. The van der Waals surface area contributed by atoms with E-state index in [1.165, 1.54) is 11.3 Å². The highest BCUT2D eigenvalue weighted by atomic mass is 32.1. The van der Waals surface area contributed by atoms with Crippen LogP contribution in [0.2, 0.25) is 0 Å². The van der Waals surface area contributed by atoms with E-state index < -0.39 is 22.9 Å². The number of hydrogen-bond acceptors (Lipinski definition) is 15. The molecule has 4 N–H and O–H groups in total. The van der Waals surface area contributed by atoms with Crippen LogP contribution in [0.4, 0.5) is 11.8 Å². The Morgan fingerprint density at radius 3 is 2.48 bits per heavy atom. The van der Waals surface area contributed by atoms with Crippen molar-refractivity contribution >= 4 is 28.8 Å². The Morgan fingerprint density at radius 2 is 1.79 bits per heavy atom. The average molecular weight is 712 g/mol. The van der Waals surface area contributed by atoms with E-state index in [0.29, 0.717) is 40.2 Å². The lowest BCUT2D eigenvalue weighted by molar-refractivity contribution is -0.124. The van der Waals surface area contributed by atoms with Crippen LogP contribution in [-0.2, 0) is 26.5 Å². The number of oxime groups is 1. The van der Waals surface area contributed by atoms with Crippen molar-refractivity contribution in [2.45, 2.75) is 22.9 Å². The van der Waals surface area contributed by atoms with Gasteiger partial charge in [0.2, 0.25) is 17.3 Å². The summed E-state index contributed by atoms with van der Waals surface area (Å²) < 4.78 is 14.5. The van der Waals surface area contributed by atoms with E-state index in [1.54, 1.807) is 73.0 Å². The minimum atomic E-state index is -1.85. The third-order valence-electron chi connectivity index (χ3n) is 9.24. The fourth-order valence-corrected chi connectivity index (χ4v) is 8.38. The molecule has 1 fully saturated rings. The van der Waals surface area contributed by atoms with Crippen LogP contribution >= 0.6 is 11.3 Å². The first-order valence-corrected chi connectivity index (χ1v) is 16.8. The lowest BCUT2D eigenvalue weighted by Gasteiger charge is -2.47. The molecule has 0 saturated carbocycles. The summed E-state index contributed by atoms with van der Waals surface area (Å²) in [5.74, 6) is 1.59. The largest absolute Gasteiger partial charge is 0.466 e. The van der Waals surface area contributed by atoms with Gasteiger partial charge in [0.25, 0.3) is 0 Å². The molecular formula is C33H25N15O3S. The maximum absolute atomic E-state index is 8.01. The topological polar surface area (TPSA) is 217 Å². The first kappa shape index (κ1) is 29.9. The Bertz CT molecular complexity index is 2350. The van der Waals surface area contributed by atoms with Gasteiger partial charge in [-0.2, -0.15) is 35.8 Å². The highest BCUT2D eigenvalue weighted by Gasteiger charge is 2.81. The second kappa shape index (κ2) is 11.5. The van der Waals surface area contributed by atoms with Crippen LogP contribution in [0.15, 0.2) is 131 Å². The van der Waals surface area contributed by atoms with E-state index >= 15 is 0 Å². The number of anilines is 2. The summed E-state index contributed by atoms with van der Waals surface area (Å²) >= 11 is 1.48. The summed E-state index contributed by atoms with van der Waals surface area (Å²) in [5.41, 5.74) is -3.45. The molecule has 0 amide bonds. The number of H-pyrrole nitrogens is 4. The van der Waals surface area contributed by atoms with Gasteiger partial charge in [-0.05, 0) is 60.0 Å². The van der Waals surface area contributed by atoms with Crippen molar-refractivity contribution in [3.8, 4) is 0 Å². The Hall–Kier alpha value is -6.99. The highest BCUT2D eigenvalue weighted by molar-refractivity contribution is 7.10. The number of imidazole rings is 1.